The van der Waals surface area contributed by atoms with E-state index < -0.39 is 15.9 Å². The molecule has 25 heavy (non-hydrogen) atoms. The molecular formula is C18H22N2O4S. The number of phenols is 1. The maximum Gasteiger partial charge on any atom is 0.255 e. The first-order valence-electron chi connectivity index (χ1n) is 7.88. The Labute approximate surface area is 147 Å². The van der Waals surface area contributed by atoms with Crippen LogP contribution < -0.4 is 10.0 Å². The Hall–Kier alpha value is -2.38. The number of phenolic OH excluding ortho intramolecular Hbond substituents is 1. The summed E-state index contributed by atoms with van der Waals surface area (Å²) in [7, 11) is -3.59. The molecule has 1 amide bonds. The topological polar surface area (TPSA) is 95.5 Å². The van der Waals surface area contributed by atoms with Crippen molar-refractivity contribution in [1.29, 1.82) is 0 Å². The van der Waals surface area contributed by atoms with Gasteiger partial charge in [0.05, 0.1) is 10.5 Å². The summed E-state index contributed by atoms with van der Waals surface area (Å²) in [6.07, 6.45) is 0. The van der Waals surface area contributed by atoms with Gasteiger partial charge in [-0.15, -0.1) is 0 Å². The third-order valence-corrected chi connectivity index (χ3v) is 5.11. The normalized spacial score (nSPS) is 11.5. The van der Waals surface area contributed by atoms with E-state index in [0.717, 1.165) is 5.56 Å². The fourth-order valence-corrected chi connectivity index (χ4v) is 3.63. The molecule has 0 spiro atoms. The van der Waals surface area contributed by atoms with Crippen molar-refractivity contribution < 1.29 is 18.3 Å². The summed E-state index contributed by atoms with van der Waals surface area (Å²) in [5.41, 5.74) is 1.67. The van der Waals surface area contributed by atoms with Crippen LogP contribution in [0.15, 0.2) is 47.4 Å². The average Bonchev–Trinajstić information content (AvgIpc) is 2.52. The molecule has 134 valence electrons. The quantitative estimate of drug-likeness (QED) is 0.735. The van der Waals surface area contributed by atoms with Gasteiger partial charge in [-0.1, -0.05) is 18.2 Å². The summed E-state index contributed by atoms with van der Waals surface area (Å²) in [6, 6.07) is 11.0. The van der Waals surface area contributed by atoms with Gasteiger partial charge in [0.1, 0.15) is 5.75 Å². The lowest BCUT2D eigenvalue weighted by Gasteiger charge is -2.11. The number of sulfonamides is 1. The number of hydrogen-bond acceptors (Lipinski definition) is 4. The summed E-state index contributed by atoms with van der Waals surface area (Å²) in [5, 5.41) is 12.5. The summed E-state index contributed by atoms with van der Waals surface area (Å²) in [6.45, 7) is 5.46. The average molecular weight is 362 g/mol. The van der Waals surface area contributed by atoms with Crippen LogP contribution in [0.25, 0.3) is 0 Å². The van der Waals surface area contributed by atoms with Crippen molar-refractivity contribution in [2.75, 3.05) is 0 Å². The Morgan fingerprint density at radius 1 is 1.16 bits per heavy atom. The Morgan fingerprint density at radius 2 is 1.88 bits per heavy atom. The first-order chi connectivity index (χ1) is 11.7. The van der Waals surface area contributed by atoms with Gasteiger partial charge in [-0.3, -0.25) is 4.79 Å². The van der Waals surface area contributed by atoms with Crippen molar-refractivity contribution in [3.63, 3.8) is 0 Å². The highest BCUT2D eigenvalue weighted by molar-refractivity contribution is 7.89. The molecule has 0 bridgehead atoms. The summed E-state index contributed by atoms with van der Waals surface area (Å²) >= 11 is 0. The van der Waals surface area contributed by atoms with E-state index in [1.165, 1.54) is 18.2 Å². The van der Waals surface area contributed by atoms with Gasteiger partial charge in [0, 0.05) is 12.6 Å². The molecule has 3 N–H and O–H groups in total. The van der Waals surface area contributed by atoms with Crippen molar-refractivity contribution in [2.24, 2.45) is 0 Å². The second-order valence-electron chi connectivity index (χ2n) is 6.13. The van der Waals surface area contributed by atoms with E-state index in [1.807, 2.05) is 6.92 Å². The van der Waals surface area contributed by atoms with Crippen molar-refractivity contribution in [3.05, 3.63) is 59.2 Å². The second-order valence-corrected chi connectivity index (χ2v) is 7.84. The minimum atomic E-state index is -3.59. The largest absolute Gasteiger partial charge is 0.507 e. The van der Waals surface area contributed by atoms with Gasteiger partial charge in [-0.05, 0) is 56.2 Å². The van der Waals surface area contributed by atoms with Crippen LogP contribution in [-0.2, 0) is 16.6 Å². The molecule has 0 saturated heterocycles. The summed E-state index contributed by atoms with van der Waals surface area (Å²) in [4.78, 5) is 12.3. The van der Waals surface area contributed by atoms with E-state index in [2.05, 4.69) is 10.0 Å². The molecule has 2 aromatic rings. The van der Waals surface area contributed by atoms with Crippen LogP contribution >= 0.6 is 0 Å². The fraction of sp³-hybridized carbons (Fsp3) is 0.278. The molecule has 0 aromatic heterocycles. The van der Waals surface area contributed by atoms with Crippen molar-refractivity contribution in [2.45, 2.75) is 38.3 Å². The first kappa shape index (κ1) is 19.0. The molecule has 0 aliphatic carbocycles. The lowest BCUT2D eigenvalue weighted by Crippen LogP contribution is -2.30. The van der Waals surface area contributed by atoms with Crippen LogP contribution in [0, 0.1) is 6.92 Å². The van der Waals surface area contributed by atoms with Crippen LogP contribution in [0.4, 0.5) is 0 Å². The minimum Gasteiger partial charge on any atom is -0.507 e. The van der Waals surface area contributed by atoms with Gasteiger partial charge >= 0.3 is 0 Å². The molecular weight excluding hydrogens is 340 g/mol. The van der Waals surface area contributed by atoms with E-state index in [0.29, 0.717) is 5.56 Å². The highest BCUT2D eigenvalue weighted by atomic mass is 32.2. The van der Waals surface area contributed by atoms with E-state index in [4.69, 9.17) is 0 Å². The standard InChI is InChI=1S/C18H22N2O4S/c1-12(2)20-25(23,24)15-6-4-5-14(10-15)11-19-18(22)16-8-7-13(3)9-17(16)21/h4-10,12,20-21H,11H2,1-3H3,(H,19,22). The number of aryl methyl sites for hydroxylation is 1. The first-order valence-corrected chi connectivity index (χ1v) is 9.36. The third-order valence-electron chi connectivity index (χ3n) is 3.45. The van der Waals surface area contributed by atoms with E-state index in [9.17, 15) is 18.3 Å². The molecule has 0 unspecified atom stereocenters. The summed E-state index contributed by atoms with van der Waals surface area (Å²) in [5.74, 6) is -0.513. The van der Waals surface area contributed by atoms with Crippen molar-refractivity contribution in [3.8, 4) is 5.75 Å². The van der Waals surface area contributed by atoms with Gasteiger partial charge in [0.15, 0.2) is 0 Å². The third kappa shape index (κ3) is 5.04. The van der Waals surface area contributed by atoms with Crippen LogP contribution in [0.1, 0.15) is 35.3 Å². The van der Waals surface area contributed by atoms with Gasteiger partial charge in [0.2, 0.25) is 10.0 Å². The van der Waals surface area contributed by atoms with Crippen molar-refractivity contribution in [1.82, 2.24) is 10.0 Å². The molecule has 0 radical (unpaired) electrons. The molecule has 0 aliphatic heterocycles. The lowest BCUT2D eigenvalue weighted by molar-refractivity contribution is 0.0948. The predicted molar refractivity (Wildman–Crippen MR) is 95.9 cm³/mol. The number of rotatable bonds is 6. The lowest BCUT2D eigenvalue weighted by atomic mass is 10.1. The van der Waals surface area contributed by atoms with Crippen LogP contribution in [-0.4, -0.2) is 25.5 Å². The molecule has 0 atom stereocenters. The molecule has 0 aliphatic rings. The SMILES string of the molecule is Cc1ccc(C(=O)NCc2cccc(S(=O)(=O)NC(C)C)c2)c(O)c1. The summed E-state index contributed by atoms with van der Waals surface area (Å²) < 4.78 is 26.9. The predicted octanol–water partition coefficient (Wildman–Crippen LogP) is 2.32. The number of nitrogens with one attached hydrogen (secondary N) is 2. The minimum absolute atomic E-state index is 0.0880. The van der Waals surface area contributed by atoms with Crippen LogP contribution in [0.3, 0.4) is 0 Å². The van der Waals surface area contributed by atoms with Gasteiger partial charge in [-0.25, -0.2) is 13.1 Å². The molecule has 6 nitrogen and oxygen atoms in total. The Morgan fingerprint density at radius 3 is 2.52 bits per heavy atom. The highest BCUT2D eigenvalue weighted by Gasteiger charge is 2.16. The Kier molecular flexibility index (Phi) is 5.81. The molecule has 2 aromatic carbocycles. The number of aromatic hydroxyl groups is 1. The second kappa shape index (κ2) is 7.67. The molecule has 0 heterocycles. The number of amides is 1. The van der Waals surface area contributed by atoms with E-state index in [-0.39, 0.29) is 28.8 Å². The number of carbonyl (C=O) groups excluding carboxylic acids is 1. The Balaban J connectivity index is 2.11. The van der Waals surface area contributed by atoms with Gasteiger partial charge < -0.3 is 10.4 Å². The number of benzene rings is 2. The molecule has 0 fully saturated rings. The van der Waals surface area contributed by atoms with Gasteiger partial charge in [-0.2, -0.15) is 0 Å². The molecule has 7 heteroatoms. The zero-order valence-electron chi connectivity index (χ0n) is 14.4. The van der Waals surface area contributed by atoms with Crippen LogP contribution in [0.2, 0.25) is 0 Å². The maximum absolute atomic E-state index is 12.2. The zero-order valence-corrected chi connectivity index (χ0v) is 15.2. The monoisotopic (exact) mass is 362 g/mol. The van der Waals surface area contributed by atoms with E-state index >= 15 is 0 Å². The molecule has 0 saturated carbocycles. The van der Waals surface area contributed by atoms with E-state index in [1.54, 1.807) is 38.1 Å². The van der Waals surface area contributed by atoms with Crippen LogP contribution in [0.5, 0.6) is 5.75 Å². The number of hydrogen-bond donors (Lipinski definition) is 3. The number of carbonyl (C=O) groups is 1. The Bertz CT molecular complexity index is 876. The maximum atomic E-state index is 12.2. The fourth-order valence-electron chi connectivity index (χ4n) is 2.31. The zero-order chi connectivity index (χ0) is 18.6. The smallest absolute Gasteiger partial charge is 0.255 e. The van der Waals surface area contributed by atoms with Crippen molar-refractivity contribution >= 4 is 15.9 Å². The molecule has 2 rings (SSSR count). The highest BCUT2D eigenvalue weighted by Crippen LogP contribution is 2.18. The van der Waals surface area contributed by atoms with Gasteiger partial charge in [0.25, 0.3) is 5.91 Å².